The second-order valence-corrected chi connectivity index (χ2v) is 8.25. The van der Waals surface area contributed by atoms with Crippen LogP contribution in [-0.2, 0) is 21.4 Å². The van der Waals surface area contributed by atoms with E-state index in [9.17, 15) is 13.2 Å². The van der Waals surface area contributed by atoms with Gasteiger partial charge < -0.3 is 4.90 Å². The normalized spacial score (nSPS) is 19.0. The lowest BCUT2D eigenvalue weighted by Gasteiger charge is -2.27. The SMILES string of the molecule is CCCS(=O)(=O)N1CCCC1C(=O)N(C)Cc1ccccc1C. The van der Waals surface area contributed by atoms with Crippen LogP contribution in [0.15, 0.2) is 24.3 Å². The van der Waals surface area contributed by atoms with Crippen LogP contribution >= 0.6 is 0 Å². The Labute approximate surface area is 139 Å². The molecular weight excluding hydrogens is 312 g/mol. The number of likely N-dealkylation sites (N-methyl/N-ethyl adjacent to an activating group) is 1. The molecule has 1 unspecified atom stereocenters. The molecule has 1 heterocycles. The summed E-state index contributed by atoms with van der Waals surface area (Å²) in [4.78, 5) is 14.4. The third-order valence-electron chi connectivity index (χ3n) is 4.35. The number of hydrogen-bond acceptors (Lipinski definition) is 3. The minimum atomic E-state index is -3.33. The molecule has 0 radical (unpaired) electrons. The van der Waals surface area contributed by atoms with Crippen LogP contribution in [0, 0.1) is 6.92 Å². The van der Waals surface area contributed by atoms with Gasteiger partial charge in [-0.3, -0.25) is 4.79 Å². The van der Waals surface area contributed by atoms with Crippen LogP contribution in [0.3, 0.4) is 0 Å². The van der Waals surface area contributed by atoms with Gasteiger partial charge in [-0.2, -0.15) is 4.31 Å². The molecule has 1 amide bonds. The van der Waals surface area contributed by atoms with Gasteiger partial charge >= 0.3 is 0 Å². The van der Waals surface area contributed by atoms with Crippen molar-refractivity contribution in [1.82, 2.24) is 9.21 Å². The Kier molecular flexibility index (Phi) is 5.81. The van der Waals surface area contributed by atoms with Crippen molar-refractivity contribution in [3.63, 3.8) is 0 Å². The number of nitrogens with zero attached hydrogens (tertiary/aromatic N) is 2. The van der Waals surface area contributed by atoms with Crippen LogP contribution in [0.4, 0.5) is 0 Å². The Balaban J connectivity index is 2.11. The Morgan fingerprint density at radius 1 is 1.35 bits per heavy atom. The van der Waals surface area contributed by atoms with E-state index in [4.69, 9.17) is 0 Å². The Morgan fingerprint density at radius 2 is 2.04 bits per heavy atom. The van der Waals surface area contributed by atoms with Crippen LogP contribution in [0.1, 0.15) is 37.3 Å². The predicted molar refractivity (Wildman–Crippen MR) is 91.5 cm³/mol. The molecule has 0 aliphatic carbocycles. The van der Waals surface area contributed by atoms with Crippen molar-refractivity contribution in [3.8, 4) is 0 Å². The third kappa shape index (κ3) is 4.12. The van der Waals surface area contributed by atoms with Gasteiger partial charge in [-0.25, -0.2) is 8.42 Å². The van der Waals surface area contributed by atoms with Crippen molar-refractivity contribution in [2.45, 2.75) is 45.7 Å². The van der Waals surface area contributed by atoms with E-state index in [0.717, 1.165) is 17.5 Å². The van der Waals surface area contributed by atoms with E-state index in [0.29, 0.717) is 25.9 Å². The molecule has 128 valence electrons. The number of rotatable bonds is 6. The van der Waals surface area contributed by atoms with E-state index in [1.54, 1.807) is 11.9 Å². The molecule has 1 aromatic carbocycles. The highest BCUT2D eigenvalue weighted by Crippen LogP contribution is 2.24. The molecule has 1 aromatic rings. The second kappa shape index (κ2) is 7.45. The number of aryl methyl sites for hydroxylation is 1. The van der Waals surface area contributed by atoms with Gasteiger partial charge in [-0.15, -0.1) is 0 Å². The van der Waals surface area contributed by atoms with Gasteiger partial charge in [0.25, 0.3) is 0 Å². The maximum absolute atomic E-state index is 12.7. The molecular formula is C17H26N2O3S. The molecule has 0 saturated carbocycles. The van der Waals surface area contributed by atoms with Crippen LogP contribution in [-0.4, -0.2) is 48.9 Å². The monoisotopic (exact) mass is 338 g/mol. The molecule has 0 aromatic heterocycles. The lowest BCUT2D eigenvalue weighted by Crippen LogP contribution is -2.46. The van der Waals surface area contributed by atoms with E-state index in [1.165, 1.54) is 4.31 Å². The summed E-state index contributed by atoms with van der Waals surface area (Å²) < 4.78 is 26.1. The molecule has 1 aliphatic rings. The number of carbonyl (C=O) groups is 1. The van der Waals surface area contributed by atoms with Crippen LogP contribution < -0.4 is 0 Å². The fraction of sp³-hybridized carbons (Fsp3) is 0.588. The van der Waals surface area contributed by atoms with E-state index in [2.05, 4.69) is 0 Å². The maximum atomic E-state index is 12.7. The second-order valence-electron chi connectivity index (χ2n) is 6.21. The van der Waals surface area contributed by atoms with Crippen molar-refractivity contribution in [2.75, 3.05) is 19.3 Å². The van der Waals surface area contributed by atoms with Gasteiger partial charge in [0.05, 0.1) is 5.75 Å². The first-order chi connectivity index (χ1) is 10.9. The van der Waals surface area contributed by atoms with Gasteiger partial charge in [0.15, 0.2) is 0 Å². The minimum absolute atomic E-state index is 0.106. The summed E-state index contributed by atoms with van der Waals surface area (Å²) in [6, 6.07) is 7.39. The lowest BCUT2D eigenvalue weighted by molar-refractivity contribution is -0.133. The molecule has 23 heavy (non-hydrogen) atoms. The first-order valence-corrected chi connectivity index (χ1v) is 9.76. The van der Waals surface area contributed by atoms with Gasteiger partial charge in [0.2, 0.25) is 15.9 Å². The molecule has 0 N–H and O–H groups in total. The summed E-state index contributed by atoms with van der Waals surface area (Å²) >= 11 is 0. The van der Waals surface area contributed by atoms with Gasteiger partial charge in [-0.05, 0) is 37.3 Å². The highest BCUT2D eigenvalue weighted by Gasteiger charge is 2.39. The number of benzene rings is 1. The molecule has 6 heteroatoms. The standard InChI is InChI=1S/C17H26N2O3S/c1-4-12-23(21,22)19-11-7-10-16(19)17(20)18(3)13-15-9-6-5-8-14(15)2/h5-6,8-9,16H,4,7,10-13H2,1-3H3. The van der Waals surface area contributed by atoms with Crippen molar-refractivity contribution in [2.24, 2.45) is 0 Å². The van der Waals surface area contributed by atoms with E-state index < -0.39 is 16.1 Å². The highest BCUT2D eigenvalue weighted by molar-refractivity contribution is 7.89. The zero-order chi connectivity index (χ0) is 17.0. The largest absolute Gasteiger partial charge is 0.340 e. The Morgan fingerprint density at radius 3 is 2.70 bits per heavy atom. The summed E-state index contributed by atoms with van der Waals surface area (Å²) in [6.45, 7) is 4.82. The van der Waals surface area contributed by atoms with Crippen molar-refractivity contribution in [1.29, 1.82) is 0 Å². The minimum Gasteiger partial charge on any atom is -0.340 e. The number of amides is 1. The molecule has 1 fully saturated rings. The summed E-state index contributed by atoms with van der Waals surface area (Å²) in [6.07, 6.45) is 1.93. The molecule has 1 atom stereocenters. The number of hydrogen-bond donors (Lipinski definition) is 0. The smallest absolute Gasteiger partial charge is 0.241 e. The van der Waals surface area contributed by atoms with Crippen molar-refractivity contribution < 1.29 is 13.2 Å². The quantitative estimate of drug-likeness (QED) is 0.799. The average Bonchev–Trinajstić information content (AvgIpc) is 2.99. The molecule has 5 nitrogen and oxygen atoms in total. The fourth-order valence-corrected chi connectivity index (χ4v) is 4.81. The lowest BCUT2D eigenvalue weighted by atomic mass is 10.1. The van der Waals surface area contributed by atoms with Crippen LogP contribution in [0.2, 0.25) is 0 Å². The maximum Gasteiger partial charge on any atom is 0.241 e. The first-order valence-electron chi connectivity index (χ1n) is 8.16. The van der Waals surface area contributed by atoms with E-state index in [-0.39, 0.29) is 11.7 Å². The molecule has 1 aliphatic heterocycles. The van der Waals surface area contributed by atoms with Gasteiger partial charge in [-0.1, -0.05) is 31.2 Å². The topological polar surface area (TPSA) is 57.7 Å². The number of sulfonamides is 1. The van der Waals surface area contributed by atoms with Crippen LogP contribution in [0.5, 0.6) is 0 Å². The van der Waals surface area contributed by atoms with Gasteiger partial charge in [0.1, 0.15) is 6.04 Å². The van der Waals surface area contributed by atoms with E-state index >= 15 is 0 Å². The molecule has 2 rings (SSSR count). The van der Waals surface area contributed by atoms with Gasteiger partial charge in [0, 0.05) is 20.1 Å². The highest BCUT2D eigenvalue weighted by atomic mass is 32.2. The molecule has 0 bridgehead atoms. The fourth-order valence-electron chi connectivity index (χ4n) is 3.07. The Bertz CT molecular complexity index is 658. The first kappa shape index (κ1) is 17.9. The molecule has 0 spiro atoms. The summed E-state index contributed by atoms with van der Waals surface area (Å²) in [7, 11) is -1.59. The molecule has 1 saturated heterocycles. The van der Waals surface area contributed by atoms with Crippen LogP contribution in [0.25, 0.3) is 0 Å². The third-order valence-corrected chi connectivity index (χ3v) is 6.43. The predicted octanol–water partition coefficient (Wildman–Crippen LogP) is 2.16. The summed E-state index contributed by atoms with van der Waals surface area (Å²) in [5.74, 6) is 0.00333. The summed E-state index contributed by atoms with van der Waals surface area (Å²) in [5.41, 5.74) is 2.22. The zero-order valence-corrected chi connectivity index (χ0v) is 15.0. The van der Waals surface area contributed by atoms with Crippen molar-refractivity contribution >= 4 is 15.9 Å². The Hall–Kier alpha value is -1.40. The number of carbonyl (C=O) groups excluding carboxylic acids is 1. The summed E-state index contributed by atoms with van der Waals surface area (Å²) in [5, 5.41) is 0. The average molecular weight is 338 g/mol. The van der Waals surface area contributed by atoms with Crippen molar-refractivity contribution in [3.05, 3.63) is 35.4 Å². The van der Waals surface area contributed by atoms with E-state index in [1.807, 2.05) is 38.1 Å². The zero-order valence-electron chi connectivity index (χ0n) is 14.2.